The zero-order valence-electron chi connectivity index (χ0n) is 18.8. The van der Waals surface area contributed by atoms with E-state index in [9.17, 15) is 19.2 Å². The second-order valence-corrected chi connectivity index (χ2v) is 9.13. The van der Waals surface area contributed by atoms with Crippen molar-refractivity contribution in [2.45, 2.75) is 25.4 Å². The first-order valence-electron chi connectivity index (χ1n) is 11.1. The Morgan fingerprint density at radius 1 is 1.11 bits per heavy atom. The number of nitrogens with zero attached hydrogens (tertiary/aromatic N) is 1. The summed E-state index contributed by atoms with van der Waals surface area (Å²) in [4.78, 5) is 56.2. The molecule has 5 rings (SSSR count). The highest BCUT2D eigenvalue weighted by Gasteiger charge is 2.41. The fourth-order valence-electron chi connectivity index (χ4n) is 4.40. The summed E-state index contributed by atoms with van der Waals surface area (Å²) in [5.74, 6) is -1.06. The number of amides is 5. The molecule has 0 bridgehead atoms. The molecular formula is C24H23N5O5S. The Labute approximate surface area is 204 Å². The predicted octanol–water partition coefficient (Wildman–Crippen LogP) is 2.56. The summed E-state index contributed by atoms with van der Waals surface area (Å²) in [5.41, 5.74) is 2.16. The average molecular weight is 494 g/mol. The van der Waals surface area contributed by atoms with Crippen LogP contribution in [0.2, 0.25) is 0 Å². The lowest BCUT2D eigenvalue weighted by atomic mass is 10.0. The van der Waals surface area contributed by atoms with Crippen molar-refractivity contribution in [3.05, 3.63) is 69.7 Å². The highest BCUT2D eigenvalue weighted by Crippen LogP contribution is 2.31. The van der Waals surface area contributed by atoms with E-state index in [0.29, 0.717) is 6.42 Å². The van der Waals surface area contributed by atoms with E-state index in [1.54, 1.807) is 13.0 Å². The SMILES string of the molecule is CCOC(=O)C1=C(CN2C(=O)NC(Cc3c[nH]c4ccccc34)C2=O)NC(=O)NC1c1cccs1. The van der Waals surface area contributed by atoms with Crippen molar-refractivity contribution in [3.8, 4) is 0 Å². The Kier molecular flexibility index (Phi) is 6.00. The number of para-hydroxylation sites is 1. The highest BCUT2D eigenvalue weighted by atomic mass is 32.1. The van der Waals surface area contributed by atoms with Crippen molar-refractivity contribution in [2.24, 2.45) is 0 Å². The van der Waals surface area contributed by atoms with Crippen molar-refractivity contribution in [1.82, 2.24) is 25.8 Å². The van der Waals surface area contributed by atoms with Gasteiger partial charge in [0.25, 0.3) is 5.91 Å². The smallest absolute Gasteiger partial charge is 0.338 e. The third-order valence-corrected chi connectivity index (χ3v) is 6.94. The normalized spacial score (nSPS) is 20.1. The van der Waals surface area contributed by atoms with Crippen molar-refractivity contribution < 1.29 is 23.9 Å². The minimum Gasteiger partial charge on any atom is -0.463 e. The summed E-state index contributed by atoms with van der Waals surface area (Å²) < 4.78 is 5.23. The number of hydrogen-bond acceptors (Lipinski definition) is 6. The number of carbonyl (C=O) groups excluding carboxylic acids is 4. The van der Waals surface area contributed by atoms with Crippen LogP contribution in [-0.2, 0) is 20.7 Å². The molecule has 1 saturated heterocycles. The van der Waals surface area contributed by atoms with Gasteiger partial charge in [0.1, 0.15) is 6.04 Å². The Hall–Kier alpha value is -4.12. The van der Waals surface area contributed by atoms with Gasteiger partial charge >= 0.3 is 18.0 Å². The number of fused-ring (bicyclic) bond motifs is 1. The van der Waals surface area contributed by atoms with Crippen molar-refractivity contribution in [2.75, 3.05) is 13.2 Å². The van der Waals surface area contributed by atoms with E-state index in [4.69, 9.17) is 4.74 Å². The van der Waals surface area contributed by atoms with Crippen LogP contribution in [0, 0.1) is 0 Å². The maximum atomic E-state index is 13.2. The fourth-order valence-corrected chi connectivity index (χ4v) is 5.19. The number of thiophene rings is 1. The zero-order chi connectivity index (χ0) is 24.5. The van der Waals surface area contributed by atoms with Crippen LogP contribution in [0.3, 0.4) is 0 Å². The number of aromatic amines is 1. The number of nitrogens with one attached hydrogen (secondary N) is 4. The van der Waals surface area contributed by atoms with Gasteiger partial charge < -0.3 is 25.7 Å². The van der Waals surface area contributed by atoms with Gasteiger partial charge in [-0.25, -0.2) is 14.4 Å². The Morgan fingerprint density at radius 3 is 2.71 bits per heavy atom. The van der Waals surface area contributed by atoms with E-state index in [-0.39, 0.29) is 24.4 Å². The van der Waals surface area contributed by atoms with Gasteiger partial charge in [-0.3, -0.25) is 9.69 Å². The predicted molar refractivity (Wildman–Crippen MR) is 128 cm³/mol. The summed E-state index contributed by atoms with van der Waals surface area (Å²) in [7, 11) is 0. The van der Waals surface area contributed by atoms with Crippen LogP contribution in [0.4, 0.5) is 9.59 Å². The maximum absolute atomic E-state index is 13.2. The quantitative estimate of drug-likeness (QED) is 0.297. The third kappa shape index (κ3) is 4.26. The number of aromatic nitrogens is 1. The highest BCUT2D eigenvalue weighted by molar-refractivity contribution is 7.10. The molecule has 3 aromatic rings. The first kappa shape index (κ1) is 22.7. The molecule has 2 aliphatic heterocycles. The number of esters is 1. The van der Waals surface area contributed by atoms with Gasteiger partial charge in [0.15, 0.2) is 0 Å². The van der Waals surface area contributed by atoms with Gasteiger partial charge in [-0.2, -0.15) is 0 Å². The van der Waals surface area contributed by atoms with Crippen molar-refractivity contribution in [1.29, 1.82) is 0 Å². The molecule has 1 aromatic carbocycles. The molecule has 5 amide bonds. The topological polar surface area (TPSA) is 133 Å². The number of rotatable bonds is 7. The average Bonchev–Trinajstić information content (AvgIpc) is 3.57. The number of urea groups is 2. The molecular weight excluding hydrogens is 470 g/mol. The molecule has 0 saturated carbocycles. The minimum absolute atomic E-state index is 0.135. The molecule has 4 heterocycles. The summed E-state index contributed by atoms with van der Waals surface area (Å²) >= 11 is 1.37. The number of hydrogen-bond donors (Lipinski definition) is 4. The molecule has 0 spiro atoms. The first-order chi connectivity index (χ1) is 17.0. The second kappa shape index (κ2) is 9.26. The van der Waals surface area contributed by atoms with Gasteiger partial charge in [-0.15, -0.1) is 11.3 Å². The molecule has 0 aliphatic carbocycles. The van der Waals surface area contributed by atoms with Crippen LogP contribution in [-0.4, -0.2) is 53.0 Å². The summed E-state index contributed by atoms with van der Waals surface area (Å²) in [6, 6.07) is 8.68. The Bertz CT molecular complexity index is 1350. The van der Waals surface area contributed by atoms with E-state index in [2.05, 4.69) is 20.9 Å². The molecule has 11 heteroatoms. The van der Waals surface area contributed by atoms with Crippen LogP contribution in [0.15, 0.2) is 59.2 Å². The Balaban J connectivity index is 1.43. The molecule has 2 aromatic heterocycles. The lowest BCUT2D eigenvalue weighted by Gasteiger charge is -2.29. The number of imide groups is 1. The molecule has 2 unspecified atom stereocenters. The second-order valence-electron chi connectivity index (χ2n) is 8.15. The first-order valence-corrected chi connectivity index (χ1v) is 12.0. The van der Waals surface area contributed by atoms with Crippen LogP contribution >= 0.6 is 11.3 Å². The fraction of sp³-hybridized carbons (Fsp3) is 0.250. The monoisotopic (exact) mass is 493 g/mol. The van der Waals surface area contributed by atoms with Crippen molar-refractivity contribution in [3.63, 3.8) is 0 Å². The minimum atomic E-state index is -0.765. The molecule has 2 atom stereocenters. The largest absolute Gasteiger partial charge is 0.463 e. The lowest BCUT2D eigenvalue weighted by molar-refractivity contribution is -0.139. The van der Waals surface area contributed by atoms with Crippen LogP contribution in [0.25, 0.3) is 10.9 Å². The molecule has 0 radical (unpaired) electrons. The molecule has 4 N–H and O–H groups in total. The third-order valence-electron chi connectivity index (χ3n) is 6.00. The van der Waals surface area contributed by atoms with Gasteiger partial charge in [0.05, 0.1) is 30.5 Å². The summed E-state index contributed by atoms with van der Waals surface area (Å²) in [6.45, 7) is 1.55. The van der Waals surface area contributed by atoms with Crippen LogP contribution < -0.4 is 16.0 Å². The lowest BCUT2D eigenvalue weighted by Crippen LogP contribution is -2.49. The maximum Gasteiger partial charge on any atom is 0.338 e. The molecule has 35 heavy (non-hydrogen) atoms. The van der Waals surface area contributed by atoms with E-state index in [1.807, 2.05) is 41.9 Å². The van der Waals surface area contributed by atoms with Crippen molar-refractivity contribution >= 4 is 46.2 Å². The van der Waals surface area contributed by atoms with Crippen LogP contribution in [0.1, 0.15) is 23.4 Å². The van der Waals surface area contributed by atoms with Crippen LogP contribution in [0.5, 0.6) is 0 Å². The molecule has 1 fully saturated rings. The van der Waals surface area contributed by atoms with Gasteiger partial charge in [-0.1, -0.05) is 24.3 Å². The Morgan fingerprint density at radius 2 is 1.94 bits per heavy atom. The number of H-pyrrole nitrogens is 1. The number of benzene rings is 1. The standard InChI is InChI=1S/C24H23N5O5S/c1-2-34-22(31)19-17(26-23(32)28-20(19)18-8-5-9-35-18)12-29-21(30)16(27-24(29)33)10-13-11-25-15-7-4-3-6-14(13)15/h3-9,11,16,20,25H,2,10,12H2,1H3,(H,27,33)(H2,26,28,32). The van der Waals surface area contributed by atoms with Gasteiger partial charge in [-0.05, 0) is 30.0 Å². The summed E-state index contributed by atoms with van der Waals surface area (Å²) in [5, 5.41) is 10.9. The van der Waals surface area contributed by atoms with E-state index >= 15 is 0 Å². The number of carbonyl (C=O) groups is 4. The zero-order valence-corrected chi connectivity index (χ0v) is 19.6. The van der Waals surface area contributed by atoms with Gasteiger partial charge in [0.2, 0.25) is 0 Å². The van der Waals surface area contributed by atoms with E-state index in [1.165, 1.54) is 11.3 Å². The van der Waals surface area contributed by atoms with Gasteiger partial charge in [0, 0.05) is 28.4 Å². The molecule has 2 aliphatic rings. The van der Waals surface area contributed by atoms with E-state index < -0.39 is 36.0 Å². The summed E-state index contributed by atoms with van der Waals surface area (Å²) in [6.07, 6.45) is 2.13. The number of ether oxygens (including phenoxy) is 1. The molecule has 180 valence electrons. The molecule has 10 nitrogen and oxygen atoms in total. The van der Waals surface area contributed by atoms with E-state index in [0.717, 1.165) is 26.2 Å².